The summed E-state index contributed by atoms with van der Waals surface area (Å²) in [5, 5.41) is 0.695. The highest BCUT2D eigenvalue weighted by molar-refractivity contribution is 6.31. The van der Waals surface area contributed by atoms with Crippen molar-refractivity contribution >= 4 is 17.6 Å². The lowest BCUT2D eigenvalue weighted by Crippen LogP contribution is -2.36. The largest absolute Gasteiger partial charge is 0.491 e. The Bertz CT molecular complexity index is 499. The third-order valence-corrected chi connectivity index (χ3v) is 3.82. The first kappa shape index (κ1) is 11.7. The van der Waals surface area contributed by atoms with Crippen LogP contribution in [0.1, 0.15) is 24.4 Å². The number of halogens is 1. The SMILES string of the molecule is CN(C(N)=NC1COc2cccc(Cl)c21)C1CC1. The van der Waals surface area contributed by atoms with E-state index in [-0.39, 0.29) is 6.04 Å². The quantitative estimate of drug-likeness (QED) is 0.659. The maximum atomic E-state index is 6.20. The van der Waals surface area contributed by atoms with Gasteiger partial charge in [0, 0.05) is 23.7 Å². The lowest BCUT2D eigenvalue weighted by Gasteiger charge is -2.18. The fraction of sp³-hybridized carbons (Fsp3) is 0.462. The lowest BCUT2D eigenvalue weighted by atomic mass is 10.1. The van der Waals surface area contributed by atoms with Gasteiger partial charge < -0.3 is 15.4 Å². The first-order valence-electron chi connectivity index (χ1n) is 6.14. The third-order valence-electron chi connectivity index (χ3n) is 3.49. The fourth-order valence-corrected chi connectivity index (χ4v) is 2.51. The van der Waals surface area contributed by atoms with Crippen molar-refractivity contribution in [1.29, 1.82) is 0 Å². The Hall–Kier alpha value is -1.42. The lowest BCUT2D eigenvalue weighted by molar-refractivity contribution is 0.332. The van der Waals surface area contributed by atoms with Crippen LogP contribution < -0.4 is 10.5 Å². The fourth-order valence-electron chi connectivity index (χ4n) is 2.22. The Balaban J connectivity index is 1.85. The van der Waals surface area contributed by atoms with E-state index in [0.717, 1.165) is 11.3 Å². The van der Waals surface area contributed by atoms with Crippen molar-refractivity contribution in [2.75, 3.05) is 13.7 Å². The van der Waals surface area contributed by atoms with E-state index in [1.165, 1.54) is 12.8 Å². The minimum absolute atomic E-state index is 0.0881. The Kier molecular flexibility index (Phi) is 2.82. The maximum absolute atomic E-state index is 6.20. The summed E-state index contributed by atoms with van der Waals surface area (Å²) < 4.78 is 5.58. The van der Waals surface area contributed by atoms with Crippen LogP contribution in [0.25, 0.3) is 0 Å². The summed E-state index contributed by atoms with van der Waals surface area (Å²) in [4.78, 5) is 6.59. The van der Waals surface area contributed by atoms with E-state index in [2.05, 4.69) is 4.99 Å². The smallest absolute Gasteiger partial charge is 0.191 e. The molecule has 1 fully saturated rings. The number of benzene rings is 1. The maximum Gasteiger partial charge on any atom is 0.191 e. The van der Waals surface area contributed by atoms with E-state index in [9.17, 15) is 0 Å². The molecule has 0 spiro atoms. The molecule has 1 heterocycles. The summed E-state index contributed by atoms with van der Waals surface area (Å²) in [5.41, 5.74) is 6.97. The van der Waals surface area contributed by atoms with Crippen molar-refractivity contribution in [3.63, 3.8) is 0 Å². The number of aliphatic imine (C=N–C) groups is 1. The van der Waals surface area contributed by atoms with E-state index >= 15 is 0 Å². The molecule has 18 heavy (non-hydrogen) atoms. The number of rotatable bonds is 2. The molecule has 4 nitrogen and oxygen atoms in total. The molecule has 1 aromatic carbocycles. The Morgan fingerprint density at radius 2 is 2.28 bits per heavy atom. The molecule has 2 aliphatic rings. The van der Waals surface area contributed by atoms with Crippen LogP contribution in [0, 0.1) is 0 Å². The predicted octanol–water partition coefficient (Wildman–Crippen LogP) is 2.18. The highest BCUT2D eigenvalue weighted by Crippen LogP contribution is 2.39. The molecule has 0 amide bonds. The first-order chi connectivity index (χ1) is 8.66. The second kappa shape index (κ2) is 4.35. The topological polar surface area (TPSA) is 50.8 Å². The van der Waals surface area contributed by atoms with Crippen LogP contribution in [-0.2, 0) is 0 Å². The van der Waals surface area contributed by atoms with Crippen molar-refractivity contribution in [2.45, 2.75) is 24.9 Å². The predicted molar refractivity (Wildman–Crippen MR) is 72.1 cm³/mol. The Morgan fingerprint density at radius 1 is 1.50 bits per heavy atom. The van der Waals surface area contributed by atoms with Crippen LogP contribution in [0.3, 0.4) is 0 Å². The van der Waals surface area contributed by atoms with Gasteiger partial charge in [-0.3, -0.25) is 0 Å². The molecule has 0 saturated heterocycles. The van der Waals surface area contributed by atoms with Gasteiger partial charge in [0.05, 0.1) is 0 Å². The average molecular weight is 266 g/mol. The molecule has 0 bridgehead atoms. The zero-order valence-electron chi connectivity index (χ0n) is 10.3. The minimum atomic E-state index is -0.0881. The summed E-state index contributed by atoms with van der Waals surface area (Å²) >= 11 is 6.20. The average Bonchev–Trinajstić information content (AvgIpc) is 3.12. The van der Waals surface area contributed by atoms with Crippen LogP contribution in [0.4, 0.5) is 0 Å². The molecule has 1 saturated carbocycles. The molecular formula is C13H16ClN3O. The molecule has 5 heteroatoms. The second-order valence-electron chi connectivity index (χ2n) is 4.81. The van der Waals surface area contributed by atoms with Gasteiger partial charge in [-0.25, -0.2) is 4.99 Å². The summed E-state index contributed by atoms with van der Waals surface area (Å²) in [6.45, 7) is 0.512. The van der Waals surface area contributed by atoms with Gasteiger partial charge in [0.15, 0.2) is 5.96 Å². The van der Waals surface area contributed by atoms with Gasteiger partial charge >= 0.3 is 0 Å². The zero-order valence-corrected chi connectivity index (χ0v) is 11.0. The monoisotopic (exact) mass is 265 g/mol. The highest BCUT2D eigenvalue weighted by atomic mass is 35.5. The molecular weight excluding hydrogens is 250 g/mol. The van der Waals surface area contributed by atoms with E-state index in [1.54, 1.807) is 0 Å². The van der Waals surface area contributed by atoms with Gasteiger partial charge in [-0.15, -0.1) is 0 Å². The van der Waals surface area contributed by atoms with Gasteiger partial charge in [0.1, 0.15) is 18.4 Å². The molecule has 1 aromatic rings. The van der Waals surface area contributed by atoms with Crippen LogP contribution in [0.5, 0.6) is 5.75 Å². The molecule has 1 unspecified atom stereocenters. The molecule has 1 aliphatic carbocycles. The van der Waals surface area contributed by atoms with Gasteiger partial charge in [0.2, 0.25) is 0 Å². The molecule has 96 valence electrons. The van der Waals surface area contributed by atoms with Crippen LogP contribution in [0.15, 0.2) is 23.2 Å². The third kappa shape index (κ3) is 2.01. The van der Waals surface area contributed by atoms with Crippen molar-refractivity contribution in [3.05, 3.63) is 28.8 Å². The second-order valence-corrected chi connectivity index (χ2v) is 5.22. The summed E-state index contributed by atoms with van der Waals surface area (Å²) in [6.07, 6.45) is 2.40. The van der Waals surface area contributed by atoms with E-state index in [0.29, 0.717) is 23.6 Å². The number of guanidine groups is 1. The molecule has 1 aliphatic heterocycles. The van der Waals surface area contributed by atoms with Gasteiger partial charge in [-0.05, 0) is 25.0 Å². The number of hydrogen-bond acceptors (Lipinski definition) is 2. The minimum Gasteiger partial charge on any atom is -0.491 e. The summed E-state index contributed by atoms with van der Waals surface area (Å²) in [6, 6.07) is 6.12. The van der Waals surface area contributed by atoms with Gasteiger partial charge in [0.25, 0.3) is 0 Å². The van der Waals surface area contributed by atoms with Crippen molar-refractivity contribution in [3.8, 4) is 5.75 Å². The number of fused-ring (bicyclic) bond motifs is 1. The van der Waals surface area contributed by atoms with E-state index in [4.69, 9.17) is 22.1 Å². The van der Waals surface area contributed by atoms with Crippen LogP contribution >= 0.6 is 11.6 Å². The summed E-state index contributed by atoms with van der Waals surface area (Å²) in [5.74, 6) is 1.39. The van der Waals surface area contributed by atoms with Crippen molar-refractivity contribution in [2.24, 2.45) is 10.7 Å². The van der Waals surface area contributed by atoms with E-state index < -0.39 is 0 Å². The normalized spacial score (nSPS) is 22.6. The van der Waals surface area contributed by atoms with E-state index in [1.807, 2.05) is 30.1 Å². The van der Waals surface area contributed by atoms with Gasteiger partial charge in [-0.2, -0.15) is 0 Å². The highest BCUT2D eigenvalue weighted by Gasteiger charge is 2.30. The molecule has 2 N–H and O–H groups in total. The number of nitrogens with two attached hydrogens (primary N) is 1. The molecule has 0 aromatic heterocycles. The van der Waals surface area contributed by atoms with Crippen LogP contribution in [0.2, 0.25) is 5.02 Å². The molecule has 0 radical (unpaired) electrons. The van der Waals surface area contributed by atoms with Crippen molar-refractivity contribution < 1.29 is 4.74 Å². The van der Waals surface area contributed by atoms with Gasteiger partial charge in [-0.1, -0.05) is 17.7 Å². The molecule has 1 atom stereocenters. The summed E-state index contributed by atoms with van der Waals surface area (Å²) in [7, 11) is 1.99. The van der Waals surface area contributed by atoms with Crippen LogP contribution in [-0.4, -0.2) is 30.6 Å². The number of ether oxygens (including phenoxy) is 1. The molecule has 3 rings (SSSR count). The Labute approximate surface area is 111 Å². The first-order valence-corrected chi connectivity index (χ1v) is 6.52. The standard InChI is InChI=1S/C13H16ClN3O/c1-17(8-5-6-8)13(15)16-10-7-18-11-4-2-3-9(14)12(10)11/h2-4,8,10H,5-7H2,1H3,(H2,15,16). The van der Waals surface area contributed by atoms with Crippen molar-refractivity contribution in [1.82, 2.24) is 4.90 Å². The zero-order chi connectivity index (χ0) is 12.7. The number of hydrogen-bond donors (Lipinski definition) is 1. The Morgan fingerprint density at radius 3 is 3.00 bits per heavy atom. The number of nitrogens with zero attached hydrogens (tertiary/aromatic N) is 2.